The smallest absolute Gasteiger partial charge is 0.241 e. The standard InChI is InChI=1S/C21H25N3O2/c1-24(20-8-4-6-14-5-2-3-7-17(14)20)21(26)19-13-18(22-23-19)15-9-11-16(25)12-10-15/h2-3,5,7,9-12,18-20,22-23,25H,4,6,8,13H2,1H3. The summed E-state index contributed by atoms with van der Waals surface area (Å²) >= 11 is 0. The number of hydrogen-bond donors (Lipinski definition) is 3. The molecule has 1 amide bonds. The summed E-state index contributed by atoms with van der Waals surface area (Å²) in [5.41, 5.74) is 10.1. The van der Waals surface area contributed by atoms with Crippen LogP contribution in [0.3, 0.4) is 0 Å². The van der Waals surface area contributed by atoms with E-state index in [2.05, 4.69) is 35.1 Å². The zero-order valence-corrected chi connectivity index (χ0v) is 15.0. The van der Waals surface area contributed by atoms with E-state index in [9.17, 15) is 9.90 Å². The number of aromatic hydroxyl groups is 1. The highest BCUT2D eigenvalue weighted by molar-refractivity contribution is 5.82. The SMILES string of the molecule is CN(C(=O)C1CC(c2ccc(O)cc2)NN1)C1CCCc2ccccc21. The van der Waals surface area contributed by atoms with Gasteiger partial charge < -0.3 is 10.0 Å². The van der Waals surface area contributed by atoms with Crippen molar-refractivity contribution < 1.29 is 9.90 Å². The molecule has 1 aliphatic heterocycles. The number of likely N-dealkylation sites (N-methyl/N-ethyl adjacent to an activating group) is 1. The van der Waals surface area contributed by atoms with Crippen LogP contribution in [0.25, 0.3) is 0 Å². The van der Waals surface area contributed by atoms with Gasteiger partial charge in [-0.1, -0.05) is 36.4 Å². The predicted octanol–water partition coefficient (Wildman–Crippen LogP) is 2.84. The Morgan fingerprint density at radius 2 is 1.88 bits per heavy atom. The van der Waals surface area contributed by atoms with E-state index >= 15 is 0 Å². The molecule has 2 aromatic carbocycles. The normalized spacial score (nSPS) is 24.9. The lowest BCUT2D eigenvalue weighted by molar-refractivity contribution is -0.134. The molecule has 1 fully saturated rings. The third kappa shape index (κ3) is 3.20. The summed E-state index contributed by atoms with van der Waals surface area (Å²) in [6, 6.07) is 15.6. The van der Waals surface area contributed by atoms with Gasteiger partial charge in [-0.25, -0.2) is 10.9 Å². The van der Waals surface area contributed by atoms with Crippen molar-refractivity contribution in [2.45, 2.75) is 43.8 Å². The molecule has 0 saturated carbocycles. The van der Waals surface area contributed by atoms with Gasteiger partial charge in [-0.05, 0) is 54.5 Å². The van der Waals surface area contributed by atoms with Crippen molar-refractivity contribution in [3.8, 4) is 5.75 Å². The van der Waals surface area contributed by atoms with E-state index in [1.807, 2.05) is 24.1 Å². The summed E-state index contributed by atoms with van der Waals surface area (Å²) in [5, 5.41) is 9.44. The largest absolute Gasteiger partial charge is 0.508 e. The number of nitrogens with zero attached hydrogens (tertiary/aromatic N) is 1. The molecule has 0 radical (unpaired) electrons. The Morgan fingerprint density at radius 1 is 1.12 bits per heavy atom. The van der Waals surface area contributed by atoms with Crippen molar-refractivity contribution in [2.75, 3.05) is 7.05 Å². The van der Waals surface area contributed by atoms with Gasteiger partial charge in [0, 0.05) is 13.1 Å². The zero-order chi connectivity index (χ0) is 18.1. The summed E-state index contributed by atoms with van der Waals surface area (Å²) in [6.07, 6.45) is 3.93. The van der Waals surface area contributed by atoms with Gasteiger partial charge in [-0.15, -0.1) is 0 Å². The van der Waals surface area contributed by atoms with Gasteiger partial charge in [-0.3, -0.25) is 4.79 Å². The Morgan fingerprint density at radius 3 is 2.69 bits per heavy atom. The number of hydrazine groups is 1. The molecule has 1 saturated heterocycles. The molecule has 0 bridgehead atoms. The number of benzene rings is 2. The van der Waals surface area contributed by atoms with Gasteiger partial charge in [0.25, 0.3) is 0 Å². The molecule has 1 heterocycles. The van der Waals surface area contributed by atoms with Gasteiger partial charge in [-0.2, -0.15) is 0 Å². The van der Waals surface area contributed by atoms with Crippen LogP contribution in [-0.2, 0) is 11.2 Å². The fourth-order valence-corrected chi connectivity index (χ4v) is 4.17. The number of phenolic OH excluding ortho intramolecular Hbond substituents is 1. The number of nitrogens with one attached hydrogen (secondary N) is 2. The average Bonchev–Trinajstić information content (AvgIpc) is 3.17. The van der Waals surface area contributed by atoms with E-state index in [-0.39, 0.29) is 29.8 Å². The molecule has 26 heavy (non-hydrogen) atoms. The quantitative estimate of drug-likeness (QED) is 0.796. The molecule has 3 unspecified atom stereocenters. The Bertz CT molecular complexity index is 790. The fraction of sp³-hybridized carbons (Fsp3) is 0.381. The highest BCUT2D eigenvalue weighted by Gasteiger charge is 2.35. The summed E-state index contributed by atoms with van der Waals surface area (Å²) in [7, 11) is 1.92. The van der Waals surface area contributed by atoms with Crippen LogP contribution in [0.15, 0.2) is 48.5 Å². The van der Waals surface area contributed by atoms with E-state index in [1.165, 1.54) is 11.1 Å². The summed E-state index contributed by atoms with van der Waals surface area (Å²) in [6.45, 7) is 0. The Balaban J connectivity index is 1.46. The van der Waals surface area contributed by atoms with Gasteiger partial charge in [0.05, 0.1) is 6.04 Å². The predicted molar refractivity (Wildman–Crippen MR) is 100 cm³/mol. The van der Waals surface area contributed by atoms with Gasteiger partial charge in [0.15, 0.2) is 0 Å². The molecular weight excluding hydrogens is 326 g/mol. The second-order valence-corrected chi connectivity index (χ2v) is 7.28. The number of amides is 1. The van der Waals surface area contributed by atoms with Crippen LogP contribution >= 0.6 is 0 Å². The first-order chi connectivity index (χ1) is 12.6. The number of carbonyl (C=O) groups excluding carboxylic acids is 1. The lowest BCUT2D eigenvalue weighted by atomic mass is 9.86. The van der Waals surface area contributed by atoms with Crippen LogP contribution in [0.2, 0.25) is 0 Å². The minimum atomic E-state index is -0.243. The van der Waals surface area contributed by atoms with Crippen LogP contribution in [0.1, 0.15) is 48.0 Å². The topological polar surface area (TPSA) is 64.6 Å². The van der Waals surface area contributed by atoms with Crippen molar-refractivity contribution in [3.63, 3.8) is 0 Å². The first-order valence-electron chi connectivity index (χ1n) is 9.28. The molecular formula is C21H25N3O2. The van der Waals surface area contributed by atoms with E-state index in [4.69, 9.17) is 0 Å². The molecule has 0 spiro atoms. The molecule has 5 heteroatoms. The Labute approximate surface area is 154 Å². The number of aryl methyl sites for hydroxylation is 1. The molecule has 1 aliphatic carbocycles. The van der Waals surface area contributed by atoms with Crippen LogP contribution in [0, 0.1) is 0 Å². The van der Waals surface area contributed by atoms with Crippen molar-refractivity contribution in [2.24, 2.45) is 0 Å². The molecule has 5 nitrogen and oxygen atoms in total. The minimum Gasteiger partial charge on any atom is -0.508 e. The maximum absolute atomic E-state index is 13.1. The first-order valence-corrected chi connectivity index (χ1v) is 9.28. The summed E-state index contributed by atoms with van der Waals surface area (Å²) in [4.78, 5) is 15.0. The van der Waals surface area contributed by atoms with E-state index in [0.717, 1.165) is 24.8 Å². The summed E-state index contributed by atoms with van der Waals surface area (Å²) in [5.74, 6) is 0.378. The number of rotatable bonds is 3. The molecule has 2 aromatic rings. The second-order valence-electron chi connectivity index (χ2n) is 7.28. The highest BCUT2D eigenvalue weighted by atomic mass is 16.3. The van der Waals surface area contributed by atoms with E-state index in [0.29, 0.717) is 6.42 Å². The van der Waals surface area contributed by atoms with Gasteiger partial charge >= 0.3 is 0 Å². The van der Waals surface area contributed by atoms with Gasteiger partial charge in [0.2, 0.25) is 5.91 Å². The summed E-state index contributed by atoms with van der Waals surface area (Å²) < 4.78 is 0. The minimum absolute atomic E-state index is 0.0663. The number of hydrogen-bond acceptors (Lipinski definition) is 4. The van der Waals surface area contributed by atoms with Crippen molar-refractivity contribution in [1.82, 2.24) is 15.8 Å². The highest BCUT2D eigenvalue weighted by Crippen LogP contribution is 2.34. The lowest BCUT2D eigenvalue weighted by Gasteiger charge is -2.34. The maximum atomic E-state index is 13.1. The molecule has 3 N–H and O–H groups in total. The van der Waals surface area contributed by atoms with E-state index in [1.54, 1.807) is 12.1 Å². The number of carbonyl (C=O) groups is 1. The fourth-order valence-electron chi connectivity index (χ4n) is 4.17. The Hall–Kier alpha value is -2.37. The van der Waals surface area contributed by atoms with Crippen LogP contribution < -0.4 is 10.9 Å². The molecule has 2 aliphatic rings. The van der Waals surface area contributed by atoms with Crippen molar-refractivity contribution in [3.05, 3.63) is 65.2 Å². The first kappa shape index (κ1) is 17.1. The third-order valence-electron chi connectivity index (χ3n) is 5.65. The average molecular weight is 351 g/mol. The van der Waals surface area contributed by atoms with Gasteiger partial charge in [0.1, 0.15) is 11.8 Å². The van der Waals surface area contributed by atoms with Crippen molar-refractivity contribution in [1.29, 1.82) is 0 Å². The lowest BCUT2D eigenvalue weighted by Crippen LogP contribution is -2.45. The second kappa shape index (κ2) is 7.09. The van der Waals surface area contributed by atoms with Crippen LogP contribution in [0.5, 0.6) is 5.75 Å². The van der Waals surface area contributed by atoms with Crippen LogP contribution in [0.4, 0.5) is 0 Å². The molecule has 4 rings (SSSR count). The van der Waals surface area contributed by atoms with Crippen LogP contribution in [-0.4, -0.2) is 29.0 Å². The number of phenols is 1. The molecule has 3 atom stereocenters. The Kier molecular flexibility index (Phi) is 4.66. The van der Waals surface area contributed by atoms with Crippen molar-refractivity contribution >= 4 is 5.91 Å². The number of fused-ring (bicyclic) bond motifs is 1. The monoisotopic (exact) mass is 351 g/mol. The maximum Gasteiger partial charge on any atom is 0.241 e. The molecule has 136 valence electrons. The zero-order valence-electron chi connectivity index (χ0n) is 15.0. The third-order valence-corrected chi connectivity index (χ3v) is 5.65. The van der Waals surface area contributed by atoms with E-state index < -0.39 is 0 Å². The molecule has 0 aromatic heterocycles.